The largest absolute Gasteiger partial charge is 0.488 e. The minimum absolute atomic E-state index is 0.202. The van der Waals surface area contributed by atoms with Crippen LogP contribution in [0.5, 0.6) is 5.75 Å². The van der Waals surface area contributed by atoms with E-state index in [0.717, 1.165) is 11.3 Å². The second-order valence-electron chi connectivity index (χ2n) is 4.79. The zero-order chi connectivity index (χ0) is 13.4. The number of amides is 2. The quantitative estimate of drug-likeness (QED) is 0.741. The fourth-order valence-electron chi connectivity index (χ4n) is 2.55. The average Bonchev–Trinajstić information content (AvgIpc) is 2.39. The first-order valence-corrected chi connectivity index (χ1v) is 6.35. The van der Waals surface area contributed by atoms with Crippen molar-refractivity contribution in [2.45, 2.75) is 25.8 Å². The highest BCUT2D eigenvalue weighted by Gasteiger charge is 2.35. The molecule has 100 valence electrons. The highest BCUT2D eigenvalue weighted by molar-refractivity contribution is 6.01. The van der Waals surface area contributed by atoms with Crippen LogP contribution in [0, 0.1) is 6.92 Å². The Bertz CT molecular complexity index is 544. The average molecular weight is 261 g/mol. The van der Waals surface area contributed by atoms with Gasteiger partial charge in [0.25, 0.3) is 0 Å². The molecular weight excluding hydrogens is 246 g/mol. The van der Waals surface area contributed by atoms with Crippen LogP contribution in [-0.2, 0) is 9.59 Å². The third kappa shape index (κ3) is 2.03. The molecule has 6 heteroatoms. The van der Waals surface area contributed by atoms with Gasteiger partial charge in [0.15, 0.2) is 11.6 Å². The molecule has 0 radical (unpaired) electrons. The van der Waals surface area contributed by atoms with E-state index < -0.39 is 0 Å². The van der Waals surface area contributed by atoms with E-state index in [1.54, 1.807) is 6.20 Å². The third-order valence-corrected chi connectivity index (χ3v) is 3.52. The Morgan fingerprint density at radius 3 is 3.11 bits per heavy atom. The van der Waals surface area contributed by atoms with E-state index in [1.807, 2.05) is 17.9 Å². The van der Waals surface area contributed by atoms with Crippen molar-refractivity contribution in [2.75, 3.05) is 18.1 Å². The van der Waals surface area contributed by atoms with E-state index in [2.05, 4.69) is 10.3 Å². The molecule has 1 unspecified atom stereocenters. The second kappa shape index (κ2) is 4.53. The van der Waals surface area contributed by atoms with E-state index in [9.17, 15) is 9.59 Å². The Morgan fingerprint density at radius 1 is 1.47 bits per heavy atom. The molecule has 0 bridgehead atoms. The molecule has 2 aliphatic rings. The first-order valence-electron chi connectivity index (χ1n) is 6.35. The van der Waals surface area contributed by atoms with Gasteiger partial charge in [0.1, 0.15) is 12.6 Å². The molecule has 1 fully saturated rings. The Morgan fingerprint density at radius 2 is 2.32 bits per heavy atom. The van der Waals surface area contributed by atoms with Crippen molar-refractivity contribution in [3.8, 4) is 5.75 Å². The molecule has 2 aliphatic heterocycles. The van der Waals surface area contributed by atoms with Crippen LogP contribution in [0.25, 0.3) is 0 Å². The number of anilines is 1. The normalized spacial score (nSPS) is 22.6. The van der Waals surface area contributed by atoms with E-state index in [0.29, 0.717) is 31.8 Å². The zero-order valence-electron chi connectivity index (χ0n) is 10.7. The Hall–Kier alpha value is -2.11. The van der Waals surface area contributed by atoms with Gasteiger partial charge in [-0.2, -0.15) is 0 Å². The van der Waals surface area contributed by atoms with Gasteiger partial charge >= 0.3 is 0 Å². The van der Waals surface area contributed by atoms with Crippen LogP contribution in [0.4, 0.5) is 5.82 Å². The summed E-state index contributed by atoms with van der Waals surface area (Å²) >= 11 is 0. The first-order chi connectivity index (χ1) is 9.16. The number of ether oxygens (including phenoxy) is 1. The lowest BCUT2D eigenvalue weighted by Crippen LogP contribution is -2.54. The fraction of sp³-hybridized carbons (Fsp3) is 0.462. The number of pyridine rings is 1. The molecule has 0 aliphatic carbocycles. The van der Waals surface area contributed by atoms with Crippen molar-refractivity contribution in [3.63, 3.8) is 0 Å². The van der Waals surface area contributed by atoms with Crippen LogP contribution in [-0.4, -0.2) is 36.0 Å². The molecule has 1 saturated heterocycles. The molecule has 3 heterocycles. The number of nitrogens with one attached hydrogen (secondary N) is 1. The lowest BCUT2D eigenvalue weighted by Gasteiger charge is -2.37. The molecule has 3 rings (SSSR count). The summed E-state index contributed by atoms with van der Waals surface area (Å²) in [6, 6.07) is 1.54. The van der Waals surface area contributed by atoms with Crippen molar-refractivity contribution in [1.82, 2.24) is 10.3 Å². The van der Waals surface area contributed by atoms with Crippen molar-refractivity contribution >= 4 is 17.6 Å². The minimum atomic E-state index is -0.338. The van der Waals surface area contributed by atoms with Gasteiger partial charge in [-0.25, -0.2) is 4.98 Å². The van der Waals surface area contributed by atoms with Crippen LogP contribution in [0.3, 0.4) is 0 Å². The molecule has 1 aromatic rings. The van der Waals surface area contributed by atoms with Crippen LogP contribution in [0.2, 0.25) is 0 Å². The summed E-state index contributed by atoms with van der Waals surface area (Å²) in [7, 11) is 0. The van der Waals surface area contributed by atoms with Crippen molar-refractivity contribution in [3.05, 3.63) is 17.8 Å². The van der Waals surface area contributed by atoms with Gasteiger partial charge in [-0.3, -0.25) is 14.9 Å². The van der Waals surface area contributed by atoms with E-state index in [4.69, 9.17) is 4.74 Å². The summed E-state index contributed by atoms with van der Waals surface area (Å²) in [4.78, 5) is 29.4. The van der Waals surface area contributed by atoms with Crippen molar-refractivity contribution in [1.29, 1.82) is 0 Å². The van der Waals surface area contributed by atoms with E-state index >= 15 is 0 Å². The summed E-state index contributed by atoms with van der Waals surface area (Å²) in [6.07, 6.45) is 2.61. The van der Waals surface area contributed by atoms with Gasteiger partial charge in [0.2, 0.25) is 11.8 Å². The number of rotatable bonds is 1. The summed E-state index contributed by atoms with van der Waals surface area (Å²) in [5.74, 6) is 0.985. The van der Waals surface area contributed by atoms with Crippen LogP contribution in [0.1, 0.15) is 18.4 Å². The standard InChI is InChI=1S/C13H15N3O3/c1-8-4-5-14-12-11(8)19-7-6-16(12)9-2-3-10(17)15-13(9)18/h4-5,9H,2-3,6-7H2,1H3,(H,15,17,18). The molecule has 0 aromatic carbocycles. The zero-order valence-corrected chi connectivity index (χ0v) is 10.7. The number of aryl methyl sites for hydroxylation is 1. The first kappa shape index (κ1) is 12.0. The van der Waals surface area contributed by atoms with Crippen molar-refractivity contribution < 1.29 is 14.3 Å². The third-order valence-electron chi connectivity index (χ3n) is 3.52. The van der Waals surface area contributed by atoms with Gasteiger partial charge in [-0.05, 0) is 25.0 Å². The predicted octanol–water partition coefficient (Wildman–Crippen LogP) is 0.394. The number of carbonyl (C=O) groups excluding carboxylic acids is 2. The molecule has 2 amide bonds. The van der Waals surface area contributed by atoms with Gasteiger partial charge in [0, 0.05) is 12.6 Å². The highest BCUT2D eigenvalue weighted by atomic mass is 16.5. The number of nitrogens with zero attached hydrogens (tertiary/aromatic N) is 2. The predicted molar refractivity (Wildman–Crippen MR) is 68.0 cm³/mol. The molecule has 6 nitrogen and oxygen atoms in total. The minimum Gasteiger partial charge on any atom is -0.488 e. The lowest BCUT2D eigenvalue weighted by molar-refractivity contribution is -0.134. The molecule has 1 atom stereocenters. The van der Waals surface area contributed by atoms with Gasteiger partial charge in [-0.15, -0.1) is 0 Å². The number of aromatic nitrogens is 1. The topological polar surface area (TPSA) is 71.5 Å². The van der Waals surface area contributed by atoms with Gasteiger partial charge in [-0.1, -0.05) is 0 Å². The SMILES string of the molecule is Cc1ccnc2c1OCCN2C1CCC(=O)NC1=O. The highest BCUT2D eigenvalue weighted by Crippen LogP contribution is 2.34. The number of hydrogen-bond acceptors (Lipinski definition) is 5. The smallest absolute Gasteiger partial charge is 0.249 e. The number of fused-ring (bicyclic) bond motifs is 1. The molecular formula is C13H15N3O3. The van der Waals surface area contributed by atoms with Gasteiger partial charge in [0.05, 0.1) is 6.54 Å². The van der Waals surface area contributed by atoms with E-state index in [1.165, 1.54) is 0 Å². The maximum absolute atomic E-state index is 12.0. The van der Waals surface area contributed by atoms with Gasteiger partial charge < -0.3 is 9.64 Å². The summed E-state index contributed by atoms with van der Waals surface area (Å²) in [5, 5.41) is 2.38. The summed E-state index contributed by atoms with van der Waals surface area (Å²) in [6.45, 7) is 3.08. The molecule has 0 saturated carbocycles. The number of carbonyl (C=O) groups is 2. The van der Waals surface area contributed by atoms with Crippen molar-refractivity contribution in [2.24, 2.45) is 0 Å². The van der Waals surface area contributed by atoms with Crippen LogP contribution >= 0.6 is 0 Å². The molecule has 1 N–H and O–H groups in total. The maximum Gasteiger partial charge on any atom is 0.249 e. The second-order valence-corrected chi connectivity index (χ2v) is 4.79. The fourth-order valence-corrected chi connectivity index (χ4v) is 2.55. The Labute approximate surface area is 110 Å². The van der Waals surface area contributed by atoms with Crippen LogP contribution < -0.4 is 15.0 Å². The Balaban J connectivity index is 1.93. The molecule has 19 heavy (non-hydrogen) atoms. The Kier molecular flexibility index (Phi) is 2.85. The monoisotopic (exact) mass is 261 g/mol. The summed E-state index contributed by atoms with van der Waals surface area (Å²) < 4.78 is 5.63. The summed E-state index contributed by atoms with van der Waals surface area (Å²) in [5.41, 5.74) is 1.00. The number of piperidine rings is 1. The van der Waals surface area contributed by atoms with Crippen LogP contribution in [0.15, 0.2) is 12.3 Å². The maximum atomic E-state index is 12.0. The molecule has 0 spiro atoms. The number of imide groups is 1. The number of hydrogen-bond donors (Lipinski definition) is 1. The lowest BCUT2D eigenvalue weighted by atomic mass is 10.0. The molecule has 1 aromatic heterocycles. The van der Waals surface area contributed by atoms with E-state index in [-0.39, 0.29) is 17.9 Å².